The minimum absolute atomic E-state index is 0.0162. The Hall–Kier alpha value is -1.69. The van der Waals surface area contributed by atoms with E-state index in [-0.39, 0.29) is 12.2 Å². The van der Waals surface area contributed by atoms with Crippen LogP contribution in [0.1, 0.15) is 19.3 Å². The number of fused-ring (bicyclic) bond motifs is 1. The average Bonchev–Trinajstić information content (AvgIpc) is 3.24. The molecule has 5 nitrogen and oxygen atoms in total. The highest BCUT2D eigenvalue weighted by molar-refractivity contribution is 6.45. The third kappa shape index (κ3) is 2.59. The van der Waals surface area contributed by atoms with Crippen molar-refractivity contribution in [1.29, 1.82) is 0 Å². The number of hydrogen-bond acceptors (Lipinski definition) is 3. The summed E-state index contributed by atoms with van der Waals surface area (Å²) in [4.78, 5) is 3.17. The Bertz CT molecular complexity index is 845. The summed E-state index contributed by atoms with van der Waals surface area (Å²) in [7, 11) is 0. The van der Waals surface area contributed by atoms with E-state index in [2.05, 4.69) is 15.2 Å². The fourth-order valence-corrected chi connectivity index (χ4v) is 3.54. The van der Waals surface area contributed by atoms with Crippen LogP contribution >= 0.6 is 23.2 Å². The van der Waals surface area contributed by atoms with E-state index >= 15 is 0 Å². The number of H-pyrrole nitrogens is 2. The largest absolute Gasteiger partial charge is 0.490 e. The normalized spacial score (nSPS) is 21.2. The van der Waals surface area contributed by atoms with Crippen molar-refractivity contribution in [2.75, 3.05) is 0 Å². The van der Waals surface area contributed by atoms with Gasteiger partial charge in [-0.25, -0.2) is 0 Å². The van der Waals surface area contributed by atoms with E-state index in [4.69, 9.17) is 27.9 Å². The van der Waals surface area contributed by atoms with Crippen molar-refractivity contribution in [1.82, 2.24) is 15.2 Å². The summed E-state index contributed by atoms with van der Waals surface area (Å²) in [5, 5.41) is 18.3. The number of aromatic nitrogens is 3. The summed E-state index contributed by atoms with van der Waals surface area (Å²) >= 11 is 12.6. The first-order chi connectivity index (χ1) is 11.1. The highest BCUT2D eigenvalue weighted by Crippen LogP contribution is 2.43. The molecule has 2 atom stereocenters. The van der Waals surface area contributed by atoms with Gasteiger partial charge in [0.05, 0.1) is 33.2 Å². The van der Waals surface area contributed by atoms with Gasteiger partial charge in [-0.2, -0.15) is 5.10 Å². The van der Waals surface area contributed by atoms with Crippen LogP contribution in [0, 0.1) is 0 Å². The molecule has 7 heteroatoms. The number of benzene rings is 1. The van der Waals surface area contributed by atoms with Crippen LogP contribution in [0.5, 0.6) is 5.75 Å². The summed E-state index contributed by atoms with van der Waals surface area (Å²) in [6.07, 6.45) is 7.34. The Morgan fingerprint density at radius 1 is 1.26 bits per heavy atom. The molecule has 3 aromatic rings. The van der Waals surface area contributed by atoms with Gasteiger partial charge in [-0.15, -0.1) is 0 Å². The second-order valence-electron chi connectivity index (χ2n) is 5.82. The highest BCUT2D eigenvalue weighted by Gasteiger charge is 2.26. The van der Waals surface area contributed by atoms with Crippen LogP contribution in [0.15, 0.2) is 24.7 Å². The van der Waals surface area contributed by atoms with Gasteiger partial charge in [0, 0.05) is 36.0 Å². The van der Waals surface area contributed by atoms with Gasteiger partial charge in [0.15, 0.2) is 0 Å². The summed E-state index contributed by atoms with van der Waals surface area (Å²) in [6.45, 7) is 0. The highest BCUT2D eigenvalue weighted by atomic mass is 35.5. The Kier molecular flexibility index (Phi) is 3.71. The van der Waals surface area contributed by atoms with Crippen molar-refractivity contribution in [2.45, 2.75) is 31.5 Å². The van der Waals surface area contributed by atoms with Crippen LogP contribution in [-0.2, 0) is 0 Å². The number of aliphatic hydroxyl groups is 1. The molecule has 1 saturated carbocycles. The van der Waals surface area contributed by atoms with Gasteiger partial charge < -0.3 is 14.8 Å². The predicted molar refractivity (Wildman–Crippen MR) is 90.2 cm³/mol. The molecule has 120 valence electrons. The molecule has 1 fully saturated rings. The molecule has 0 amide bonds. The van der Waals surface area contributed by atoms with Gasteiger partial charge in [-0.1, -0.05) is 23.2 Å². The number of nitrogens with one attached hydrogen (secondary N) is 2. The van der Waals surface area contributed by atoms with Gasteiger partial charge >= 0.3 is 0 Å². The summed E-state index contributed by atoms with van der Waals surface area (Å²) in [5.74, 6) is 0.672. The molecule has 0 unspecified atom stereocenters. The minimum atomic E-state index is -0.294. The molecule has 0 aliphatic heterocycles. The van der Waals surface area contributed by atoms with Crippen molar-refractivity contribution < 1.29 is 9.84 Å². The first-order valence-electron chi connectivity index (χ1n) is 7.46. The van der Waals surface area contributed by atoms with Crippen LogP contribution in [-0.4, -0.2) is 32.5 Å². The van der Waals surface area contributed by atoms with E-state index in [1.54, 1.807) is 12.3 Å². The lowest BCUT2D eigenvalue weighted by atomic mass is 10.1. The fraction of sp³-hybridized carbons (Fsp3) is 0.312. The molecule has 0 spiro atoms. The molecule has 2 heterocycles. The number of hydrogen-bond donors (Lipinski definition) is 3. The molecular formula is C16H15Cl2N3O2. The number of nitrogens with zero attached hydrogens (tertiary/aromatic N) is 1. The van der Waals surface area contributed by atoms with Gasteiger partial charge in [-0.05, 0) is 12.8 Å². The van der Waals surface area contributed by atoms with Gasteiger partial charge in [0.2, 0.25) is 0 Å². The maximum atomic E-state index is 9.71. The second-order valence-corrected chi connectivity index (χ2v) is 6.60. The lowest BCUT2D eigenvalue weighted by molar-refractivity contribution is 0.150. The van der Waals surface area contributed by atoms with Crippen molar-refractivity contribution in [3.63, 3.8) is 0 Å². The number of aromatic amines is 2. The number of ether oxygens (including phenoxy) is 1. The average molecular weight is 352 g/mol. The zero-order valence-electron chi connectivity index (χ0n) is 12.1. The molecule has 1 aliphatic carbocycles. The summed E-state index contributed by atoms with van der Waals surface area (Å²) in [5.41, 5.74) is 2.62. The van der Waals surface area contributed by atoms with Crippen LogP contribution in [0.2, 0.25) is 10.0 Å². The molecule has 4 rings (SSSR count). The van der Waals surface area contributed by atoms with Gasteiger partial charge in [-0.3, -0.25) is 5.10 Å². The van der Waals surface area contributed by atoms with Crippen LogP contribution in [0.25, 0.3) is 22.0 Å². The van der Waals surface area contributed by atoms with Crippen LogP contribution in [0.4, 0.5) is 0 Å². The Balaban J connectivity index is 1.85. The second kappa shape index (κ2) is 5.74. The van der Waals surface area contributed by atoms with E-state index in [9.17, 15) is 5.11 Å². The van der Waals surface area contributed by atoms with Gasteiger partial charge in [0.1, 0.15) is 11.9 Å². The standard InChI is InChI=1S/C16H15Cl2N3O2/c17-12-4-13(23-10-2-1-9(22)3-10)14-11(8-5-20-21-6-8)7-19-16(14)15(12)18/h4-7,9-10,19,22H,1-3H2,(H,20,21)/t9-,10-/m1/s1. The fourth-order valence-electron chi connectivity index (χ4n) is 3.15. The van der Waals surface area contributed by atoms with Crippen LogP contribution < -0.4 is 4.74 Å². The summed E-state index contributed by atoms with van der Waals surface area (Å²) < 4.78 is 6.14. The molecule has 2 aromatic heterocycles. The predicted octanol–water partition coefficient (Wildman–Crippen LogP) is 4.16. The molecule has 23 heavy (non-hydrogen) atoms. The minimum Gasteiger partial charge on any atom is -0.490 e. The molecule has 1 aromatic carbocycles. The molecular weight excluding hydrogens is 337 g/mol. The maximum Gasteiger partial charge on any atom is 0.131 e. The number of aliphatic hydroxyl groups excluding tert-OH is 1. The third-order valence-corrected chi connectivity index (χ3v) is 5.06. The summed E-state index contributed by atoms with van der Waals surface area (Å²) in [6, 6.07) is 1.74. The first kappa shape index (κ1) is 14.9. The molecule has 0 radical (unpaired) electrons. The third-order valence-electron chi connectivity index (χ3n) is 4.27. The first-order valence-corrected chi connectivity index (χ1v) is 8.22. The van der Waals surface area contributed by atoms with E-state index in [0.29, 0.717) is 22.2 Å². The smallest absolute Gasteiger partial charge is 0.131 e. The molecule has 1 aliphatic rings. The Morgan fingerprint density at radius 3 is 2.83 bits per heavy atom. The van der Waals surface area contributed by atoms with Gasteiger partial charge in [0.25, 0.3) is 0 Å². The van der Waals surface area contributed by atoms with Crippen molar-refractivity contribution in [3.05, 3.63) is 34.7 Å². The molecule has 3 N–H and O–H groups in total. The van der Waals surface area contributed by atoms with Crippen LogP contribution in [0.3, 0.4) is 0 Å². The van der Waals surface area contributed by atoms with E-state index in [0.717, 1.165) is 34.9 Å². The Morgan fingerprint density at radius 2 is 2.13 bits per heavy atom. The monoisotopic (exact) mass is 351 g/mol. The lowest BCUT2D eigenvalue weighted by Gasteiger charge is -2.16. The number of halogens is 2. The molecule has 0 bridgehead atoms. The quantitative estimate of drug-likeness (QED) is 0.663. The maximum absolute atomic E-state index is 9.71. The van der Waals surface area contributed by atoms with E-state index < -0.39 is 0 Å². The molecule has 0 saturated heterocycles. The zero-order chi connectivity index (χ0) is 16.0. The SMILES string of the molecule is O[C@@H]1CC[C@@H](Oc2cc(Cl)c(Cl)c3[nH]cc(-c4cn[nH]c4)c23)C1. The van der Waals surface area contributed by atoms with Crippen molar-refractivity contribution in [3.8, 4) is 16.9 Å². The van der Waals surface area contributed by atoms with E-state index in [1.807, 2.05) is 12.4 Å². The zero-order valence-corrected chi connectivity index (χ0v) is 13.7. The lowest BCUT2D eigenvalue weighted by Crippen LogP contribution is -2.13. The van der Waals surface area contributed by atoms with E-state index in [1.165, 1.54) is 0 Å². The number of rotatable bonds is 3. The van der Waals surface area contributed by atoms with Crippen molar-refractivity contribution >= 4 is 34.1 Å². The Labute approximate surface area is 142 Å². The van der Waals surface area contributed by atoms with Crippen molar-refractivity contribution in [2.24, 2.45) is 0 Å². The topological polar surface area (TPSA) is 73.9 Å².